The summed E-state index contributed by atoms with van der Waals surface area (Å²) in [6.07, 6.45) is 1.03. The summed E-state index contributed by atoms with van der Waals surface area (Å²) in [5.41, 5.74) is 3.22. The summed E-state index contributed by atoms with van der Waals surface area (Å²) in [6.45, 7) is 8.33. The van der Waals surface area contributed by atoms with Gasteiger partial charge in [-0.25, -0.2) is 0 Å². The van der Waals surface area contributed by atoms with Gasteiger partial charge in [-0.15, -0.1) is 0 Å². The molecule has 4 nitrogen and oxygen atoms in total. The number of rotatable bonds is 7. The SMILES string of the molecule is Cc1ccc(Cl)cc1NC(=S)N(CCCN1CCOCC1)Cc1ccc(Cl)cc1. The van der Waals surface area contributed by atoms with Crippen LogP contribution in [0.5, 0.6) is 0 Å². The molecule has 1 aliphatic heterocycles. The lowest BCUT2D eigenvalue weighted by molar-refractivity contribution is 0.0368. The van der Waals surface area contributed by atoms with Crippen molar-refractivity contribution in [2.75, 3.05) is 44.7 Å². The Hall–Kier alpha value is -1.37. The van der Waals surface area contributed by atoms with Crippen molar-refractivity contribution < 1.29 is 4.74 Å². The largest absolute Gasteiger partial charge is 0.379 e. The third kappa shape index (κ3) is 7.12. The van der Waals surface area contributed by atoms with Gasteiger partial charge in [0.25, 0.3) is 0 Å². The van der Waals surface area contributed by atoms with Crippen molar-refractivity contribution in [2.24, 2.45) is 0 Å². The third-order valence-corrected chi connectivity index (χ3v) is 5.87. The summed E-state index contributed by atoms with van der Waals surface area (Å²) in [6, 6.07) is 13.7. The molecule has 29 heavy (non-hydrogen) atoms. The Morgan fingerprint density at radius 3 is 2.52 bits per heavy atom. The van der Waals surface area contributed by atoms with Gasteiger partial charge < -0.3 is 15.0 Å². The molecular weight excluding hydrogens is 425 g/mol. The second-order valence-corrected chi connectivity index (χ2v) is 8.50. The molecule has 0 aromatic heterocycles. The van der Waals surface area contributed by atoms with E-state index < -0.39 is 0 Å². The first kappa shape index (κ1) is 22.3. The third-order valence-electron chi connectivity index (χ3n) is 5.02. The van der Waals surface area contributed by atoms with Crippen molar-refractivity contribution in [3.8, 4) is 0 Å². The zero-order valence-corrected chi connectivity index (χ0v) is 19.0. The first-order chi connectivity index (χ1) is 14.0. The fourth-order valence-corrected chi connectivity index (χ4v) is 3.86. The minimum atomic E-state index is 0.692. The van der Waals surface area contributed by atoms with Gasteiger partial charge in [0.1, 0.15) is 0 Å². The van der Waals surface area contributed by atoms with E-state index in [1.165, 1.54) is 5.56 Å². The van der Waals surface area contributed by atoms with Gasteiger partial charge in [-0.1, -0.05) is 41.4 Å². The molecule has 0 bridgehead atoms. The van der Waals surface area contributed by atoms with E-state index in [-0.39, 0.29) is 0 Å². The predicted octanol–water partition coefficient (Wildman–Crippen LogP) is 5.22. The first-order valence-corrected chi connectivity index (χ1v) is 11.0. The molecule has 0 unspecified atom stereocenters. The molecule has 156 valence electrons. The van der Waals surface area contributed by atoms with Gasteiger partial charge in [0.05, 0.1) is 13.2 Å². The van der Waals surface area contributed by atoms with Crippen molar-refractivity contribution >= 4 is 46.2 Å². The molecule has 1 aliphatic rings. The zero-order valence-electron chi connectivity index (χ0n) is 16.7. The lowest BCUT2D eigenvalue weighted by atomic mass is 10.2. The molecule has 1 N–H and O–H groups in total. The molecule has 2 aromatic rings. The number of hydrogen-bond donors (Lipinski definition) is 1. The minimum Gasteiger partial charge on any atom is -0.379 e. The molecule has 1 heterocycles. The van der Waals surface area contributed by atoms with Crippen molar-refractivity contribution in [2.45, 2.75) is 19.9 Å². The summed E-state index contributed by atoms with van der Waals surface area (Å²) >= 11 is 18.0. The van der Waals surface area contributed by atoms with E-state index in [9.17, 15) is 0 Å². The number of hydrogen-bond acceptors (Lipinski definition) is 3. The van der Waals surface area contributed by atoms with Crippen LogP contribution in [0.2, 0.25) is 10.0 Å². The van der Waals surface area contributed by atoms with Gasteiger partial charge in [0.2, 0.25) is 0 Å². The summed E-state index contributed by atoms with van der Waals surface area (Å²) in [5, 5.41) is 5.52. The van der Waals surface area contributed by atoms with E-state index in [0.29, 0.717) is 10.1 Å². The van der Waals surface area contributed by atoms with E-state index in [2.05, 4.69) is 15.1 Å². The number of thiocarbonyl (C=S) groups is 1. The molecule has 0 saturated carbocycles. The van der Waals surface area contributed by atoms with Crippen LogP contribution in [0.3, 0.4) is 0 Å². The molecule has 0 atom stereocenters. The molecule has 0 amide bonds. The Morgan fingerprint density at radius 1 is 1.10 bits per heavy atom. The molecule has 1 fully saturated rings. The second-order valence-electron chi connectivity index (χ2n) is 7.24. The van der Waals surface area contributed by atoms with E-state index in [1.54, 1.807) is 0 Å². The van der Waals surface area contributed by atoms with Crippen molar-refractivity contribution in [1.82, 2.24) is 9.80 Å². The summed E-state index contributed by atoms with van der Waals surface area (Å²) in [4.78, 5) is 4.65. The number of nitrogens with one attached hydrogen (secondary N) is 1. The van der Waals surface area contributed by atoms with Crippen LogP contribution in [0.25, 0.3) is 0 Å². The van der Waals surface area contributed by atoms with E-state index in [0.717, 1.165) is 68.6 Å². The second kappa shape index (κ2) is 11.1. The Balaban J connectivity index is 1.65. The van der Waals surface area contributed by atoms with Crippen LogP contribution in [0.4, 0.5) is 5.69 Å². The maximum atomic E-state index is 6.17. The van der Waals surface area contributed by atoms with Crippen molar-refractivity contribution in [3.05, 3.63) is 63.6 Å². The molecular formula is C22H27Cl2N3OS. The average Bonchev–Trinajstić information content (AvgIpc) is 2.72. The Kier molecular flexibility index (Phi) is 8.57. The van der Waals surface area contributed by atoms with Gasteiger partial charge >= 0.3 is 0 Å². The van der Waals surface area contributed by atoms with Crippen molar-refractivity contribution in [1.29, 1.82) is 0 Å². The topological polar surface area (TPSA) is 27.7 Å². The normalized spacial score (nSPS) is 14.6. The summed E-state index contributed by atoms with van der Waals surface area (Å²) < 4.78 is 5.44. The van der Waals surface area contributed by atoms with Gasteiger partial charge in [0.15, 0.2) is 5.11 Å². The molecule has 0 radical (unpaired) electrons. The number of ether oxygens (including phenoxy) is 1. The number of halogens is 2. The highest BCUT2D eigenvalue weighted by atomic mass is 35.5. The zero-order chi connectivity index (χ0) is 20.6. The minimum absolute atomic E-state index is 0.692. The van der Waals surface area contributed by atoms with Gasteiger partial charge in [-0.2, -0.15) is 0 Å². The number of anilines is 1. The standard InChI is InChI=1S/C22H27Cl2N3OS/c1-17-3-6-20(24)15-21(17)25-22(29)27(16-18-4-7-19(23)8-5-18)10-2-9-26-11-13-28-14-12-26/h3-8,15H,2,9-14,16H2,1H3,(H,25,29). The predicted molar refractivity (Wildman–Crippen MR) is 126 cm³/mol. The van der Waals surface area contributed by atoms with Crippen LogP contribution < -0.4 is 5.32 Å². The van der Waals surface area contributed by atoms with Crippen molar-refractivity contribution in [3.63, 3.8) is 0 Å². The van der Waals surface area contributed by atoms with Crippen LogP contribution in [0.1, 0.15) is 17.5 Å². The van der Waals surface area contributed by atoms with Crippen LogP contribution >= 0.6 is 35.4 Å². The molecule has 0 spiro atoms. The van der Waals surface area contributed by atoms with Crippen LogP contribution in [-0.4, -0.2) is 54.3 Å². The average molecular weight is 452 g/mol. The fraction of sp³-hybridized carbons (Fsp3) is 0.409. The maximum Gasteiger partial charge on any atom is 0.173 e. The highest BCUT2D eigenvalue weighted by Crippen LogP contribution is 2.21. The Morgan fingerprint density at radius 2 is 1.79 bits per heavy atom. The highest BCUT2D eigenvalue weighted by molar-refractivity contribution is 7.80. The molecule has 2 aromatic carbocycles. The summed E-state index contributed by atoms with van der Waals surface area (Å²) in [5.74, 6) is 0. The number of nitrogens with zero attached hydrogens (tertiary/aromatic N) is 2. The Labute approximate surface area is 188 Å². The molecule has 1 saturated heterocycles. The molecule has 7 heteroatoms. The lowest BCUT2D eigenvalue weighted by Crippen LogP contribution is -2.40. The van der Waals surface area contributed by atoms with E-state index in [4.69, 9.17) is 40.2 Å². The molecule has 3 rings (SSSR count). The van der Waals surface area contributed by atoms with Crippen LogP contribution in [0, 0.1) is 6.92 Å². The van der Waals surface area contributed by atoms with Gasteiger partial charge in [-0.05, 0) is 61.0 Å². The smallest absolute Gasteiger partial charge is 0.173 e. The van der Waals surface area contributed by atoms with Gasteiger partial charge in [-0.3, -0.25) is 4.90 Å². The fourth-order valence-electron chi connectivity index (χ4n) is 3.30. The van der Waals surface area contributed by atoms with Crippen LogP contribution in [-0.2, 0) is 11.3 Å². The number of morpholine rings is 1. The number of benzene rings is 2. The quantitative estimate of drug-likeness (QED) is 0.582. The number of aryl methyl sites for hydroxylation is 1. The van der Waals surface area contributed by atoms with Crippen LogP contribution in [0.15, 0.2) is 42.5 Å². The maximum absolute atomic E-state index is 6.17. The van der Waals surface area contributed by atoms with Gasteiger partial charge in [0, 0.05) is 48.5 Å². The molecule has 0 aliphatic carbocycles. The van der Waals surface area contributed by atoms with E-state index in [1.807, 2.05) is 49.4 Å². The highest BCUT2D eigenvalue weighted by Gasteiger charge is 2.14. The Bertz CT molecular complexity index is 810. The lowest BCUT2D eigenvalue weighted by Gasteiger charge is -2.30. The summed E-state index contributed by atoms with van der Waals surface area (Å²) in [7, 11) is 0. The monoisotopic (exact) mass is 451 g/mol. The van der Waals surface area contributed by atoms with E-state index >= 15 is 0 Å². The first-order valence-electron chi connectivity index (χ1n) is 9.88.